The number of carbonyl (C=O) groups is 1. The summed E-state index contributed by atoms with van der Waals surface area (Å²) < 4.78 is 0. The summed E-state index contributed by atoms with van der Waals surface area (Å²) in [5.74, 6) is 1.46. The van der Waals surface area contributed by atoms with Crippen LogP contribution < -0.4 is 5.32 Å². The highest BCUT2D eigenvalue weighted by molar-refractivity contribution is 8.00. The average molecular weight is 234 g/mol. The zero-order valence-corrected chi connectivity index (χ0v) is 10.2. The number of benzene rings is 1. The number of hydrogen-bond acceptors (Lipinski definition) is 3. The number of carbonyl (C=O) groups excluding carboxylic acids is 1. The van der Waals surface area contributed by atoms with E-state index in [0.717, 1.165) is 5.84 Å². The van der Waals surface area contributed by atoms with E-state index in [9.17, 15) is 4.79 Å². The molecule has 84 valence electrons. The third kappa shape index (κ3) is 2.44. The van der Waals surface area contributed by atoms with Crippen molar-refractivity contribution in [1.82, 2.24) is 5.32 Å². The Morgan fingerprint density at radius 3 is 2.56 bits per heavy atom. The smallest absolute Gasteiger partial charge is 0.252 e. The van der Waals surface area contributed by atoms with Gasteiger partial charge in [-0.25, -0.2) is 0 Å². The van der Waals surface area contributed by atoms with Gasteiger partial charge in [0, 0.05) is 4.90 Å². The molecule has 0 aromatic heterocycles. The van der Waals surface area contributed by atoms with Crippen LogP contribution in [0.4, 0.5) is 0 Å². The van der Waals surface area contributed by atoms with Gasteiger partial charge < -0.3 is 5.32 Å². The largest absolute Gasteiger partial charge is 0.312 e. The summed E-state index contributed by atoms with van der Waals surface area (Å²) in [4.78, 5) is 17.0. The van der Waals surface area contributed by atoms with Crippen molar-refractivity contribution in [1.29, 1.82) is 0 Å². The fraction of sp³-hybridized carbons (Fsp3) is 0.333. The van der Waals surface area contributed by atoms with Gasteiger partial charge >= 0.3 is 0 Å². The van der Waals surface area contributed by atoms with Crippen LogP contribution in [0, 0.1) is 0 Å². The molecular formula is C12H14N2OS. The Hall–Kier alpha value is -1.29. The van der Waals surface area contributed by atoms with E-state index >= 15 is 0 Å². The van der Waals surface area contributed by atoms with Crippen molar-refractivity contribution >= 4 is 23.5 Å². The minimum Gasteiger partial charge on any atom is -0.312 e. The molecule has 0 saturated heterocycles. The second-order valence-corrected chi connectivity index (χ2v) is 5.22. The first kappa shape index (κ1) is 11.2. The van der Waals surface area contributed by atoms with Crippen LogP contribution in [-0.4, -0.2) is 23.0 Å². The lowest BCUT2D eigenvalue weighted by molar-refractivity contribution is -0.122. The fourth-order valence-electron chi connectivity index (χ4n) is 1.44. The zero-order valence-electron chi connectivity index (χ0n) is 9.36. The molecule has 0 aliphatic carbocycles. The molecule has 0 saturated carbocycles. The summed E-state index contributed by atoms with van der Waals surface area (Å²) in [6.45, 7) is 3.64. The second kappa shape index (κ2) is 4.29. The first-order valence-corrected chi connectivity index (χ1v) is 6.14. The minimum absolute atomic E-state index is 0.0174. The number of amides is 1. The number of nitrogens with zero attached hydrogens (tertiary/aromatic N) is 1. The maximum atomic E-state index is 11.5. The van der Waals surface area contributed by atoms with Crippen LogP contribution in [0.2, 0.25) is 0 Å². The highest BCUT2D eigenvalue weighted by Crippen LogP contribution is 2.20. The molecule has 16 heavy (non-hydrogen) atoms. The van der Waals surface area contributed by atoms with Crippen LogP contribution in [0.15, 0.2) is 40.2 Å². The summed E-state index contributed by atoms with van der Waals surface area (Å²) in [7, 11) is 0. The van der Waals surface area contributed by atoms with Crippen molar-refractivity contribution in [2.75, 3.05) is 5.75 Å². The first-order chi connectivity index (χ1) is 7.58. The van der Waals surface area contributed by atoms with E-state index in [0.29, 0.717) is 5.75 Å². The highest BCUT2D eigenvalue weighted by Gasteiger charge is 2.33. The number of thioether (sulfide) groups is 1. The molecule has 1 aliphatic rings. The number of nitrogens with one attached hydrogen (secondary N) is 1. The van der Waals surface area contributed by atoms with Gasteiger partial charge in [0.15, 0.2) is 0 Å². The predicted molar refractivity (Wildman–Crippen MR) is 66.8 cm³/mol. The van der Waals surface area contributed by atoms with Crippen LogP contribution in [0.3, 0.4) is 0 Å². The van der Waals surface area contributed by atoms with Gasteiger partial charge in [0.05, 0.1) is 5.75 Å². The van der Waals surface area contributed by atoms with Gasteiger partial charge in [0.25, 0.3) is 5.91 Å². The van der Waals surface area contributed by atoms with Crippen LogP contribution in [0.5, 0.6) is 0 Å². The first-order valence-electron chi connectivity index (χ1n) is 5.16. The molecule has 1 aromatic carbocycles. The predicted octanol–water partition coefficient (Wildman–Crippen LogP) is 2.09. The van der Waals surface area contributed by atoms with Gasteiger partial charge in [0.1, 0.15) is 11.4 Å². The average Bonchev–Trinajstić information content (AvgIpc) is 2.52. The molecular weight excluding hydrogens is 220 g/mol. The van der Waals surface area contributed by atoms with Crippen molar-refractivity contribution in [3.63, 3.8) is 0 Å². The van der Waals surface area contributed by atoms with Crippen molar-refractivity contribution in [3.05, 3.63) is 30.3 Å². The number of hydrogen-bond donors (Lipinski definition) is 1. The maximum Gasteiger partial charge on any atom is 0.252 e. The number of amidine groups is 1. The Balaban J connectivity index is 1.96. The van der Waals surface area contributed by atoms with Crippen LogP contribution in [-0.2, 0) is 4.79 Å². The SMILES string of the molecule is CC1(C)N=C(CSc2ccccc2)NC1=O. The molecule has 1 amide bonds. The standard InChI is InChI=1S/C12H14N2OS/c1-12(2)11(15)13-10(14-12)8-16-9-6-4-3-5-7-9/h3-7H,8H2,1-2H3,(H,13,14,15). The summed E-state index contributed by atoms with van der Waals surface area (Å²) in [6.07, 6.45) is 0. The third-order valence-corrected chi connectivity index (χ3v) is 3.37. The monoisotopic (exact) mass is 234 g/mol. The molecule has 0 fully saturated rings. The summed E-state index contributed by atoms with van der Waals surface area (Å²) >= 11 is 1.67. The van der Waals surface area contributed by atoms with Crippen molar-refractivity contribution in [3.8, 4) is 0 Å². The van der Waals surface area contributed by atoms with E-state index in [1.807, 2.05) is 44.2 Å². The van der Waals surface area contributed by atoms with E-state index in [-0.39, 0.29) is 5.91 Å². The van der Waals surface area contributed by atoms with Gasteiger partial charge in [-0.15, -0.1) is 11.8 Å². The van der Waals surface area contributed by atoms with Gasteiger partial charge in [-0.1, -0.05) is 18.2 Å². The third-order valence-electron chi connectivity index (χ3n) is 2.35. The molecule has 4 heteroatoms. The van der Waals surface area contributed by atoms with Crippen LogP contribution >= 0.6 is 11.8 Å². The van der Waals surface area contributed by atoms with Crippen LogP contribution in [0.25, 0.3) is 0 Å². The number of aliphatic imine (C=N–C) groups is 1. The van der Waals surface area contributed by atoms with E-state index in [1.165, 1.54) is 4.90 Å². The van der Waals surface area contributed by atoms with Gasteiger partial charge in [-0.3, -0.25) is 9.79 Å². The lowest BCUT2D eigenvalue weighted by Crippen LogP contribution is -2.34. The quantitative estimate of drug-likeness (QED) is 0.814. The molecule has 0 radical (unpaired) electrons. The Morgan fingerprint density at radius 1 is 1.31 bits per heavy atom. The van der Waals surface area contributed by atoms with Crippen molar-refractivity contribution < 1.29 is 4.79 Å². The minimum atomic E-state index is -0.605. The molecule has 0 spiro atoms. The fourth-order valence-corrected chi connectivity index (χ4v) is 2.23. The van der Waals surface area contributed by atoms with Gasteiger partial charge in [0.2, 0.25) is 0 Å². The van der Waals surface area contributed by atoms with Gasteiger partial charge in [-0.05, 0) is 26.0 Å². The molecule has 1 aromatic rings. The molecule has 3 nitrogen and oxygen atoms in total. The Morgan fingerprint density at radius 2 is 2.00 bits per heavy atom. The Kier molecular flexibility index (Phi) is 3.01. The molecule has 1 N–H and O–H groups in total. The zero-order chi connectivity index (χ0) is 11.6. The molecule has 1 heterocycles. The number of rotatable bonds is 3. The molecule has 1 aliphatic heterocycles. The molecule has 2 rings (SSSR count). The summed E-state index contributed by atoms with van der Waals surface area (Å²) in [5.41, 5.74) is -0.605. The second-order valence-electron chi connectivity index (χ2n) is 4.17. The van der Waals surface area contributed by atoms with Crippen molar-refractivity contribution in [2.45, 2.75) is 24.3 Å². The van der Waals surface area contributed by atoms with Gasteiger partial charge in [-0.2, -0.15) is 0 Å². The Bertz CT molecular complexity index is 426. The molecule has 0 unspecified atom stereocenters. The molecule has 0 atom stereocenters. The lowest BCUT2D eigenvalue weighted by atomic mass is 10.1. The lowest BCUT2D eigenvalue weighted by Gasteiger charge is -2.07. The summed E-state index contributed by atoms with van der Waals surface area (Å²) in [5, 5.41) is 2.80. The van der Waals surface area contributed by atoms with Crippen LogP contribution in [0.1, 0.15) is 13.8 Å². The normalized spacial score (nSPS) is 18.1. The topological polar surface area (TPSA) is 41.5 Å². The maximum absolute atomic E-state index is 11.5. The highest BCUT2D eigenvalue weighted by atomic mass is 32.2. The van der Waals surface area contributed by atoms with Crippen molar-refractivity contribution in [2.24, 2.45) is 4.99 Å². The summed E-state index contributed by atoms with van der Waals surface area (Å²) in [6, 6.07) is 10.1. The van der Waals surface area contributed by atoms with E-state index < -0.39 is 5.54 Å². The van der Waals surface area contributed by atoms with E-state index in [1.54, 1.807) is 11.8 Å². The Labute approximate surface area is 99.3 Å². The van der Waals surface area contributed by atoms with E-state index in [4.69, 9.17) is 0 Å². The van der Waals surface area contributed by atoms with E-state index in [2.05, 4.69) is 10.3 Å². The molecule has 0 bridgehead atoms.